The van der Waals surface area contributed by atoms with Crippen LogP contribution in [0.15, 0.2) is 0 Å². The first-order valence-electron chi connectivity index (χ1n) is 6.74. The second kappa shape index (κ2) is 5.17. The second-order valence-electron chi connectivity index (χ2n) is 5.54. The van der Waals surface area contributed by atoms with Gasteiger partial charge in [-0.1, -0.05) is 20.3 Å². The van der Waals surface area contributed by atoms with E-state index in [2.05, 4.69) is 24.5 Å². The lowest BCUT2D eigenvalue weighted by atomic mass is 9.94. The van der Waals surface area contributed by atoms with Gasteiger partial charge in [-0.05, 0) is 44.1 Å². The number of piperidine rings is 1. The highest BCUT2D eigenvalue weighted by Gasteiger charge is 2.38. The zero-order valence-corrected chi connectivity index (χ0v) is 10.5. The van der Waals surface area contributed by atoms with Crippen LogP contribution in [-0.2, 0) is 4.79 Å². The highest BCUT2D eigenvalue weighted by atomic mass is 16.2. The first kappa shape index (κ1) is 11.9. The predicted molar refractivity (Wildman–Crippen MR) is 65.1 cm³/mol. The van der Waals surface area contributed by atoms with Crippen molar-refractivity contribution in [3.05, 3.63) is 0 Å². The Kier molecular flexibility index (Phi) is 3.85. The Bertz CT molecular complexity index is 254. The lowest BCUT2D eigenvalue weighted by molar-refractivity contribution is -0.124. The van der Waals surface area contributed by atoms with Crippen molar-refractivity contribution in [3.63, 3.8) is 0 Å². The Morgan fingerprint density at radius 2 is 2.25 bits per heavy atom. The molecule has 4 atom stereocenters. The summed E-state index contributed by atoms with van der Waals surface area (Å²) in [5, 5.41) is 6.49. The molecule has 0 aromatic carbocycles. The Hall–Kier alpha value is -0.570. The summed E-state index contributed by atoms with van der Waals surface area (Å²) in [6, 6.07) is 0.540. The van der Waals surface area contributed by atoms with Crippen LogP contribution in [0.4, 0.5) is 0 Å². The first-order valence-corrected chi connectivity index (χ1v) is 6.74. The number of hydrogen-bond donors (Lipinski definition) is 2. The molecule has 0 radical (unpaired) electrons. The number of rotatable bonds is 4. The van der Waals surface area contributed by atoms with E-state index in [-0.39, 0.29) is 11.9 Å². The fraction of sp³-hybridized carbons (Fsp3) is 0.923. The van der Waals surface area contributed by atoms with E-state index in [0.29, 0.717) is 12.0 Å². The minimum atomic E-state index is 0.0617. The Labute approximate surface area is 98.4 Å². The average molecular weight is 224 g/mol. The Morgan fingerprint density at radius 3 is 2.94 bits per heavy atom. The standard InChI is InChI=1S/C13H24N2O/c1-3-4-10-8-11(10)15-13(16)12-7-9(2)5-6-14-12/h9-12,14H,3-8H2,1-2H3,(H,15,16). The van der Waals surface area contributed by atoms with E-state index in [1.54, 1.807) is 0 Å². The van der Waals surface area contributed by atoms with Gasteiger partial charge >= 0.3 is 0 Å². The highest BCUT2D eigenvalue weighted by molar-refractivity contribution is 5.82. The molecule has 2 aliphatic rings. The van der Waals surface area contributed by atoms with E-state index >= 15 is 0 Å². The third-order valence-electron chi connectivity index (χ3n) is 3.89. The molecule has 92 valence electrons. The molecule has 0 aromatic rings. The Balaban J connectivity index is 1.72. The van der Waals surface area contributed by atoms with Gasteiger partial charge in [0.05, 0.1) is 6.04 Å². The molecule has 1 aliphatic heterocycles. The van der Waals surface area contributed by atoms with E-state index in [9.17, 15) is 4.79 Å². The van der Waals surface area contributed by atoms with E-state index in [4.69, 9.17) is 0 Å². The van der Waals surface area contributed by atoms with Crippen LogP contribution in [0.5, 0.6) is 0 Å². The second-order valence-corrected chi connectivity index (χ2v) is 5.54. The summed E-state index contributed by atoms with van der Waals surface area (Å²) in [6.45, 7) is 5.43. The minimum Gasteiger partial charge on any atom is -0.352 e. The summed E-state index contributed by atoms with van der Waals surface area (Å²) in [5.41, 5.74) is 0. The minimum absolute atomic E-state index is 0.0617. The van der Waals surface area contributed by atoms with E-state index in [0.717, 1.165) is 18.9 Å². The maximum Gasteiger partial charge on any atom is 0.237 e. The summed E-state index contributed by atoms with van der Waals surface area (Å²) in [4.78, 5) is 12.0. The van der Waals surface area contributed by atoms with Gasteiger partial charge in [-0.15, -0.1) is 0 Å². The number of nitrogens with one attached hydrogen (secondary N) is 2. The van der Waals surface area contributed by atoms with Crippen molar-refractivity contribution in [2.75, 3.05) is 6.54 Å². The molecule has 1 saturated heterocycles. The van der Waals surface area contributed by atoms with Gasteiger partial charge in [-0.3, -0.25) is 4.79 Å². The predicted octanol–water partition coefficient (Wildman–Crippen LogP) is 1.68. The van der Waals surface area contributed by atoms with Crippen molar-refractivity contribution >= 4 is 5.91 Å². The number of amides is 1. The van der Waals surface area contributed by atoms with Gasteiger partial charge in [0.15, 0.2) is 0 Å². The van der Waals surface area contributed by atoms with Crippen LogP contribution in [0, 0.1) is 11.8 Å². The fourth-order valence-electron chi connectivity index (χ4n) is 2.70. The van der Waals surface area contributed by atoms with Crippen molar-refractivity contribution in [1.29, 1.82) is 0 Å². The van der Waals surface area contributed by atoms with Crippen LogP contribution in [0.25, 0.3) is 0 Å². The van der Waals surface area contributed by atoms with E-state index in [1.165, 1.54) is 25.7 Å². The monoisotopic (exact) mass is 224 g/mol. The summed E-state index contributed by atoms with van der Waals surface area (Å²) in [6.07, 6.45) is 5.89. The van der Waals surface area contributed by atoms with Gasteiger partial charge in [0, 0.05) is 6.04 Å². The van der Waals surface area contributed by atoms with Crippen LogP contribution >= 0.6 is 0 Å². The zero-order valence-electron chi connectivity index (χ0n) is 10.5. The van der Waals surface area contributed by atoms with Gasteiger partial charge < -0.3 is 10.6 Å². The third kappa shape index (κ3) is 2.97. The van der Waals surface area contributed by atoms with Crippen molar-refractivity contribution in [2.24, 2.45) is 11.8 Å². The molecule has 1 aliphatic carbocycles. The van der Waals surface area contributed by atoms with Crippen LogP contribution in [0.1, 0.15) is 46.0 Å². The molecule has 0 spiro atoms. The summed E-state index contributed by atoms with van der Waals surface area (Å²) in [5.74, 6) is 1.67. The maximum atomic E-state index is 12.0. The normalized spacial score (nSPS) is 38.1. The molecule has 0 aromatic heterocycles. The quantitative estimate of drug-likeness (QED) is 0.763. The topological polar surface area (TPSA) is 41.1 Å². The van der Waals surface area contributed by atoms with Gasteiger partial charge in [-0.25, -0.2) is 0 Å². The van der Waals surface area contributed by atoms with Crippen LogP contribution < -0.4 is 10.6 Å². The maximum absolute atomic E-state index is 12.0. The number of hydrogen-bond acceptors (Lipinski definition) is 2. The molecule has 3 heteroatoms. The fourth-order valence-corrected chi connectivity index (χ4v) is 2.70. The lowest BCUT2D eigenvalue weighted by Gasteiger charge is -2.27. The smallest absolute Gasteiger partial charge is 0.237 e. The molecule has 1 saturated carbocycles. The number of carbonyl (C=O) groups is 1. The number of carbonyl (C=O) groups excluding carboxylic acids is 1. The highest BCUT2D eigenvalue weighted by Crippen LogP contribution is 2.34. The largest absolute Gasteiger partial charge is 0.352 e. The molecule has 1 heterocycles. The van der Waals surface area contributed by atoms with Crippen molar-refractivity contribution in [2.45, 2.75) is 58.0 Å². The van der Waals surface area contributed by atoms with Gasteiger partial charge in [-0.2, -0.15) is 0 Å². The van der Waals surface area contributed by atoms with Crippen molar-refractivity contribution in [3.8, 4) is 0 Å². The molecule has 2 N–H and O–H groups in total. The molecule has 3 nitrogen and oxygen atoms in total. The molecule has 4 unspecified atom stereocenters. The van der Waals surface area contributed by atoms with Crippen molar-refractivity contribution in [1.82, 2.24) is 10.6 Å². The first-order chi connectivity index (χ1) is 7.70. The van der Waals surface area contributed by atoms with E-state index < -0.39 is 0 Å². The summed E-state index contributed by atoms with van der Waals surface area (Å²) in [7, 11) is 0. The van der Waals surface area contributed by atoms with Crippen LogP contribution in [0.3, 0.4) is 0 Å². The molecular weight excluding hydrogens is 200 g/mol. The molecule has 2 fully saturated rings. The molecule has 2 rings (SSSR count). The SMILES string of the molecule is CCCC1CC1NC(=O)C1CC(C)CCN1. The van der Waals surface area contributed by atoms with Gasteiger partial charge in [0.25, 0.3) is 0 Å². The third-order valence-corrected chi connectivity index (χ3v) is 3.89. The van der Waals surface area contributed by atoms with Gasteiger partial charge in [0.2, 0.25) is 5.91 Å². The van der Waals surface area contributed by atoms with Crippen LogP contribution in [0.2, 0.25) is 0 Å². The Morgan fingerprint density at radius 1 is 1.44 bits per heavy atom. The van der Waals surface area contributed by atoms with Crippen molar-refractivity contribution < 1.29 is 4.79 Å². The summed E-state index contributed by atoms with van der Waals surface area (Å²) < 4.78 is 0. The van der Waals surface area contributed by atoms with Crippen LogP contribution in [-0.4, -0.2) is 24.5 Å². The van der Waals surface area contributed by atoms with Gasteiger partial charge in [0.1, 0.15) is 0 Å². The van der Waals surface area contributed by atoms with E-state index in [1.807, 2.05) is 0 Å². The molecule has 16 heavy (non-hydrogen) atoms. The molecular formula is C13H24N2O. The zero-order chi connectivity index (χ0) is 11.5. The summed E-state index contributed by atoms with van der Waals surface area (Å²) >= 11 is 0. The lowest BCUT2D eigenvalue weighted by Crippen LogP contribution is -2.49. The average Bonchev–Trinajstić information content (AvgIpc) is 2.97. The molecule has 1 amide bonds. The molecule has 0 bridgehead atoms.